The molecule has 0 spiro atoms. The number of H-pyrrole nitrogens is 1. The lowest BCUT2D eigenvalue weighted by atomic mass is 10.3. The third kappa shape index (κ3) is 1.95. The maximum absolute atomic E-state index is 5.92. The van der Waals surface area contributed by atoms with Crippen molar-refractivity contribution in [1.29, 1.82) is 0 Å². The topological polar surface area (TPSA) is 67.6 Å². The molecule has 2 heterocycles. The molecule has 3 rings (SSSR count). The van der Waals surface area contributed by atoms with E-state index in [0.717, 1.165) is 21.2 Å². The normalized spacial score (nSPS) is 11.0. The van der Waals surface area contributed by atoms with E-state index in [4.69, 9.17) is 17.3 Å². The minimum Gasteiger partial charge on any atom is -0.397 e. The number of fused-ring (bicyclic) bond motifs is 1. The van der Waals surface area contributed by atoms with Gasteiger partial charge in [0.2, 0.25) is 0 Å². The number of aromatic amines is 1. The molecule has 0 atom stereocenters. The van der Waals surface area contributed by atoms with Crippen LogP contribution in [0.3, 0.4) is 0 Å². The smallest absolute Gasteiger partial charge is 0.157 e. The van der Waals surface area contributed by atoms with Gasteiger partial charge in [-0.3, -0.25) is 4.98 Å². The van der Waals surface area contributed by atoms with Crippen LogP contribution in [-0.2, 0) is 0 Å². The first-order chi connectivity index (χ1) is 8.63. The molecule has 0 aliphatic rings. The monoisotopic (exact) mass is 322 g/mol. The van der Waals surface area contributed by atoms with Gasteiger partial charge in [0, 0.05) is 10.7 Å². The van der Waals surface area contributed by atoms with Gasteiger partial charge in [-0.25, -0.2) is 4.98 Å². The average molecular weight is 324 g/mol. The third-order valence-corrected chi connectivity index (χ3v) is 3.23. The van der Waals surface area contributed by atoms with Crippen molar-refractivity contribution in [3.63, 3.8) is 0 Å². The van der Waals surface area contributed by atoms with Crippen LogP contribution in [0.5, 0.6) is 0 Å². The second-order valence-corrected chi connectivity index (χ2v) is 5.19. The Kier molecular flexibility index (Phi) is 2.72. The summed E-state index contributed by atoms with van der Waals surface area (Å²) in [6.45, 7) is 0. The van der Waals surface area contributed by atoms with Crippen LogP contribution in [0.1, 0.15) is 0 Å². The number of nitrogens with one attached hydrogen (secondary N) is 1. The fraction of sp³-hybridized carbons (Fsp3) is 0. The van der Waals surface area contributed by atoms with Crippen LogP contribution in [-0.4, -0.2) is 15.0 Å². The van der Waals surface area contributed by atoms with Crippen LogP contribution >= 0.6 is 27.5 Å². The van der Waals surface area contributed by atoms with Crippen molar-refractivity contribution in [3.8, 4) is 11.5 Å². The minimum atomic E-state index is 0.595. The van der Waals surface area contributed by atoms with Crippen LogP contribution in [0.4, 0.5) is 5.69 Å². The zero-order valence-corrected chi connectivity index (χ0v) is 11.5. The van der Waals surface area contributed by atoms with Gasteiger partial charge in [0.25, 0.3) is 0 Å². The van der Waals surface area contributed by atoms with Crippen molar-refractivity contribution >= 4 is 44.3 Å². The molecule has 6 heteroatoms. The van der Waals surface area contributed by atoms with Crippen molar-refractivity contribution in [2.24, 2.45) is 0 Å². The van der Waals surface area contributed by atoms with Gasteiger partial charge in [0.15, 0.2) is 5.82 Å². The molecule has 0 fully saturated rings. The fourth-order valence-corrected chi connectivity index (χ4v) is 2.33. The van der Waals surface area contributed by atoms with Crippen LogP contribution in [0.25, 0.3) is 22.6 Å². The molecule has 0 aliphatic heterocycles. The van der Waals surface area contributed by atoms with Gasteiger partial charge in [-0.05, 0) is 24.3 Å². The van der Waals surface area contributed by atoms with Crippen LogP contribution < -0.4 is 5.73 Å². The highest BCUT2D eigenvalue weighted by molar-refractivity contribution is 9.10. The summed E-state index contributed by atoms with van der Waals surface area (Å²) in [5, 5.41) is 0.595. The molecule has 18 heavy (non-hydrogen) atoms. The Bertz CT molecular complexity index is 721. The van der Waals surface area contributed by atoms with E-state index in [-0.39, 0.29) is 0 Å². The number of aromatic nitrogens is 3. The summed E-state index contributed by atoms with van der Waals surface area (Å²) in [4.78, 5) is 11.9. The molecule has 90 valence electrons. The standard InChI is InChI=1S/C12H8BrClN4/c13-6-3-8(15)11-10(4-6)17-12(18-11)9-2-1-7(14)5-16-9/h1-5H,15H2,(H,17,18). The van der Waals surface area contributed by atoms with E-state index in [1.165, 1.54) is 0 Å². The Hall–Kier alpha value is -1.59. The van der Waals surface area contributed by atoms with Gasteiger partial charge in [0.05, 0.1) is 16.2 Å². The van der Waals surface area contributed by atoms with Crippen LogP contribution in [0, 0.1) is 0 Å². The van der Waals surface area contributed by atoms with Gasteiger partial charge in [-0.1, -0.05) is 27.5 Å². The highest BCUT2D eigenvalue weighted by atomic mass is 79.9. The molecule has 0 saturated carbocycles. The van der Waals surface area contributed by atoms with Gasteiger partial charge in [0.1, 0.15) is 11.2 Å². The number of nitrogen functional groups attached to an aromatic ring is 1. The van der Waals surface area contributed by atoms with Crippen molar-refractivity contribution in [1.82, 2.24) is 15.0 Å². The Balaban J connectivity index is 2.19. The highest BCUT2D eigenvalue weighted by Gasteiger charge is 2.09. The first-order valence-electron chi connectivity index (χ1n) is 5.20. The lowest BCUT2D eigenvalue weighted by Crippen LogP contribution is -1.86. The van der Waals surface area contributed by atoms with Crippen molar-refractivity contribution in [3.05, 3.63) is 40.0 Å². The summed E-state index contributed by atoms with van der Waals surface area (Å²) >= 11 is 9.20. The molecule has 0 unspecified atom stereocenters. The third-order valence-electron chi connectivity index (χ3n) is 2.55. The Morgan fingerprint density at radius 2 is 2.11 bits per heavy atom. The molecule has 0 radical (unpaired) electrons. The number of rotatable bonds is 1. The molecule has 1 aromatic carbocycles. The predicted molar refractivity (Wildman–Crippen MR) is 76.4 cm³/mol. The van der Waals surface area contributed by atoms with Crippen molar-refractivity contribution in [2.75, 3.05) is 5.73 Å². The van der Waals surface area contributed by atoms with E-state index in [0.29, 0.717) is 16.5 Å². The zero-order valence-electron chi connectivity index (χ0n) is 9.11. The number of benzene rings is 1. The molecule has 2 aromatic heterocycles. The lowest BCUT2D eigenvalue weighted by molar-refractivity contribution is 1.24. The van der Waals surface area contributed by atoms with E-state index >= 15 is 0 Å². The Morgan fingerprint density at radius 1 is 1.28 bits per heavy atom. The number of anilines is 1. The van der Waals surface area contributed by atoms with Crippen LogP contribution in [0.2, 0.25) is 5.02 Å². The lowest BCUT2D eigenvalue weighted by Gasteiger charge is -1.94. The molecule has 0 bridgehead atoms. The largest absolute Gasteiger partial charge is 0.397 e. The van der Waals surface area contributed by atoms with E-state index in [9.17, 15) is 0 Å². The molecule has 4 nitrogen and oxygen atoms in total. The quantitative estimate of drug-likeness (QED) is 0.672. The Morgan fingerprint density at radius 3 is 2.83 bits per heavy atom. The summed E-state index contributed by atoms with van der Waals surface area (Å²) in [6, 6.07) is 7.34. The number of nitrogens with zero attached hydrogens (tertiary/aromatic N) is 2. The number of nitrogens with two attached hydrogens (primary N) is 1. The molecule has 3 aromatic rings. The number of halogens is 2. The summed E-state index contributed by atoms with van der Waals surface area (Å²) in [6.07, 6.45) is 1.59. The fourth-order valence-electron chi connectivity index (χ4n) is 1.74. The summed E-state index contributed by atoms with van der Waals surface area (Å²) in [5.74, 6) is 0.673. The van der Waals surface area contributed by atoms with E-state index in [1.54, 1.807) is 12.3 Å². The van der Waals surface area contributed by atoms with E-state index < -0.39 is 0 Å². The summed E-state index contributed by atoms with van der Waals surface area (Å²) in [5.41, 5.74) is 8.88. The molecule has 3 N–H and O–H groups in total. The number of hydrogen-bond acceptors (Lipinski definition) is 3. The molecule has 0 amide bonds. The number of pyridine rings is 1. The van der Waals surface area contributed by atoms with Crippen molar-refractivity contribution in [2.45, 2.75) is 0 Å². The minimum absolute atomic E-state index is 0.595. The SMILES string of the molecule is Nc1cc(Br)cc2[nH]c(-c3ccc(Cl)cn3)nc12. The summed E-state index contributed by atoms with van der Waals surface area (Å²) in [7, 11) is 0. The Labute approximate surface area is 116 Å². The van der Waals surface area contributed by atoms with Crippen LogP contribution in [0.15, 0.2) is 34.9 Å². The summed E-state index contributed by atoms with van der Waals surface area (Å²) < 4.78 is 0.909. The first-order valence-corrected chi connectivity index (χ1v) is 6.37. The molecule has 0 aliphatic carbocycles. The van der Waals surface area contributed by atoms with E-state index in [2.05, 4.69) is 30.9 Å². The molecular formula is C12H8BrClN4. The second kappa shape index (κ2) is 4.26. The predicted octanol–water partition coefficient (Wildman–Crippen LogP) is 3.62. The number of hydrogen-bond donors (Lipinski definition) is 2. The van der Waals surface area contributed by atoms with Gasteiger partial charge in [-0.2, -0.15) is 0 Å². The van der Waals surface area contributed by atoms with E-state index in [1.807, 2.05) is 18.2 Å². The maximum atomic E-state index is 5.92. The number of imidazole rings is 1. The average Bonchev–Trinajstić information content (AvgIpc) is 2.74. The van der Waals surface area contributed by atoms with Crippen molar-refractivity contribution < 1.29 is 0 Å². The second-order valence-electron chi connectivity index (χ2n) is 3.84. The van der Waals surface area contributed by atoms with Gasteiger partial charge in [-0.15, -0.1) is 0 Å². The molecular weight excluding hydrogens is 316 g/mol. The first kappa shape index (κ1) is 11.5. The van der Waals surface area contributed by atoms with Gasteiger partial charge >= 0.3 is 0 Å². The highest BCUT2D eigenvalue weighted by Crippen LogP contribution is 2.27. The van der Waals surface area contributed by atoms with Gasteiger partial charge < -0.3 is 10.7 Å². The maximum Gasteiger partial charge on any atom is 0.157 e. The zero-order chi connectivity index (χ0) is 12.7. The molecule has 0 saturated heterocycles.